The quantitative estimate of drug-likeness (QED) is 0.593. The lowest BCUT2D eigenvalue weighted by atomic mass is 10.3. The zero-order chi connectivity index (χ0) is 9.84. The zero-order valence-electron chi connectivity index (χ0n) is 7.69. The van der Waals surface area contributed by atoms with Gasteiger partial charge in [0.15, 0.2) is 0 Å². The van der Waals surface area contributed by atoms with Crippen molar-refractivity contribution in [1.82, 2.24) is 9.78 Å². The van der Waals surface area contributed by atoms with Crippen LogP contribution in [0.4, 0.5) is 5.82 Å². The lowest BCUT2D eigenvalue weighted by Crippen LogP contribution is -2.09. The molecule has 0 aliphatic heterocycles. The van der Waals surface area contributed by atoms with E-state index < -0.39 is 0 Å². The number of nitrogens with two attached hydrogens (primary N) is 1. The lowest BCUT2D eigenvalue weighted by molar-refractivity contribution is 0.484. The maximum absolute atomic E-state index is 8.47. The third kappa shape index (κ3) is 1.95. The second-order valence-corrected chi connectivity index (χ2v) is 3.62. The van der Waals surface area contributed by atoms with Crippen LogP contribution in [-0.4, -0.2) is 9.78 Å². The van der Waals surface area contributed by atoms with E-state index in [1.54, 1.807) is 10.9 Å². The van der Waals surface area contributed by atoms with Gasteiger partial charge in [-0.15, -0.1) is 0 Å². The maximum Gasteiger partial charge on any atom is 0.138 e. The summed E-state index contributed by atoms with van der Waals surface area (Å²) in [5.41, 5.74) is 5.79. The zero-order valence-corrected chi connectivity index (χ0v) is 8.51. The standard InChI is InChI=1S/C8H12N4S/c1-3-6(2)12-8(10)7(4-11-12)13-5-9/h4,6H,3,10H2,1-2H3. The van der Waals surface area contributed by atoms with Gasteiger partial charge in [0.2, 0.25) is 0 Å². The number of hydrogen-bond donors (Lipinski definition) is 1. The number of nitrogens with zero attached hydrogens (tertiary/aromatic N) is 3. The SMILES string of the molecule is CCC(C)n1ncc(SC#N)c1N. The van der Waals surface area contributed by atoms with Crippen LogP contribution in [0.1, 0.15) is 26.3 Å². The van der Waals surface area contributed by atoms with E-state index in [0.717, 1.165) is 23.1 Å². The molecular weight excluding hydrogens is 184 g/mol. The fourth-order valence-corrected chi connectivity index (χ4v) is 1.40. The molecule has 0 aromatic carbocycles. The Kier molecular flexibility index (Phi) is 3.20. The van der Waals surface area contributed by atoms with Gasteiger partial charge in [-0.05, 0) is 25.1 Å². The van der Waals surface area contributed by atoms with Gasteiger partial charge in [-0.3, -0.25) is 0 Å². The third-order valence-electron chi connectivity index (χ3n) is 1.96. The van der Waals surface area contributed by atoms with Gasteiger partial charge in [0.1, 0.15) is 11.2 Å². The van der Waals surface area contributed by atoms with Gasteiger partial charge in [-0.1, -0.05) is 6.92 Å². The highest BCUT2D eigenvalue weighted by atomic mass is 32.2. The van der Waals surface area contributed by atoms with Gasteiger partial charge in [0, 0.05) is 0 Å². The number of aromatic nitrogens is 2. The predicted molar refractivity (Wildman–Crippen MR) is 53.1 cm³/mol. The highest BCUT2D eigenvalue weighted by Gasteiger charge is 2.11. The molecule has 0 aliphatic carbocycles. The first-order chi connectivity index (χ1) is 6.20. The summed E-state index contributed by atoms with van der Waals surface area (Å²) >= 11 is 1.05. The van der Waals surface area contributed by atoms with Crippen molar-refractivity contribution < 1.29 is 0 Å². The summed E-state index contributed by atoms with van der Waals surface area (Å²) in [7, 11) is 0. The van der Waals surface area contributed by atoms with Crippen molar-refractivity contribution in [3.63, 3.8) is 0 Å². The largest absolute Gasteiger partial charge is 0.383 e. The Morgan fingerprint density at radius 1 is 1.85 bits per heavy atom. The van der Waals surface area contributed by atoms with Gasteiger partial charge in [-0.25, -0.2) is 4.68 Å². The summed E-state index contributed by atoms with van der Waals surface area (Å²) in [6, 6.07) is 0.285. The molecular formula is C8H12N4S. The Balaban J connectivity index is 2.93. The van der Waals surface area contributed by atoms with Crippen LogP contribution in [0.2, 0.25) is 0 Å². The molecule has 1 rings (SSSR count). The number of thioether (sulfide) groups is 1. The van der Waals surface area contributed by atoms with Crippen LogP contribution in [0.15, 0.2) is 11.1 Å². The minimum absolute atomic E-state index is 0.285. The average Bonchev–Trinajstić information content (AvgIpc) is 2.48. The summed E-state index contributed by atoms with van der Waals surface area (Å²) in [4.78, 5) is 0.739. The molecule has 1 aromatic heterocycles. The maximum atomic E-state index is 8.47. The highest BCUT2D eigenvalue weighted by Crippen LogP contribution is 2.26. The van der Waals surface area contributed by atoms with Crippen LogP contribution in [0.25, 0.3) is 0 Å². The second kappa shape index (κ2) is 4.19. The molecule has 0 bridgehead atoms. The molecule has 1 heterocycles. The molecule has 1 aromatic rings. The fraction of sp³-hybridized carbons (Fsp3) is 0.500. The lowest BCUT2D eigenvalue weighted by Gasteiger charge is -2.10. The second-order valence-electron chi connectivity index (χ2n) is 2.79. The number of anilines is 1. The van der Waals surface area contributed by atoms with E-state index >= 15 is 0 Å². The molecule has 2 N–H and O–H groups in total. The molecule has 1 atom stereocenters. The summed E-state index contributed by atoms with van der Waals surface area (Å²) < 4.78 is 1.75. The van der Waals surface area contributed by atoms with Crippen LogP contribution in [0.3, 0.4) is 0 Å². The van der Waals surface area contributed by atoms with E-state index in [9.17, 15) is 0 Å². The van der Waals surface area contributed by atoms with Gasteiger partial charge in [0.25, 0.3) is 0 Å². The first kappa shape index (κ1) is 9.93. The molecule has 0 radical (unpaired) electrons. The molecule has 70 valence electrons. The van der Waals surface area contributed by atoms with E-state index in [2.05, 4.69) is 12.0 Å². The summed E-state index contributed by atoms with van der Waals surface area (Å²) in [6.45, 7) is 4.12. The van der Waals surface area contributed by atoms with Crippen molar-refractivity contribution in [3.8, 4) is 5.40 Å². The Morgan fingerprint density at radius 3 is 3.08 bits per heavy atom. The third-order valence-corrected chi connectivity index (χ3v) is 2.59. The summed E-state index contributed by atoms with van der Waals surface area (Å²) in [5.74, 6) is 0.584. The molecule has 1 unspecified atom stereocenters. The molecule has 4 nitrogen and oxygen atoms in total. The molecule has 13 heavy (non-hydrogen) atoms. The van der Waals surface area contributed by atoms with Crippen molar-refractivity contribution in [1.29, 1.82) is 5.26 Å². The van der Waals surface area contributed by atoms with Crippen LogP contribution in [-0.2, 0) is 0 Å². The minimum atomic E-state index is 0.285. The van der Waals surface area contributed by atoms with Crippen molar-refractivity contribution >= 4 is 17.6 Å². The molecule has 0 amide bonds. The molecule has 0 saturated heterocycles. The van der Waals surface area contributed by atoms with Crippen molar-refractivity contribution in [2.45, 2.75) is 31.2 Å². The molecule has 0 fully saturated rings. The Bertz CT molecular complexity index is 325. The predicted octanol–water partition coefficient (Wildman–Crippen LogP) is 2.01. The van der Waals surface area contributed by atoms with Crippen molar-refractivity contribution in [2.75, 3.05) is 5.73 Å². The number of nitriles is 1. The summed E-state index contributed by atoms with van der Waals surface area (Å²) in [5, 5.41) is 14.6. The van der Waals surface area contributed by atoms with Crippen LogP contribution in [0.5, 0.6) is 0 Å². The first-order valence-corrected chi connectivity index (χ1v) is 4.91. The van der Waals surface area contributed by atoms with Crippen LogP contribution in [0, 0.1) is 10.7 Å². The van der Waals surface area contributed by atoms with E-state index in [1.165, 1.54) is 0 Å². The van der Waals surface area contributed by atoms with Crippen LogP contribution < -0.4 is 5.73 Å². The van der Waals surface area contributed by atoms with Crippen molar-refractivity contribution in [2.24, 2.45) is 0 Å². The number of nitrogen functional groups attached to an aromatic ring is 1. The highest BCUT2D eigenvalue weighted by molar-refractivity contribution is 8.03. The average molecular weight is 196 g/mol. The smallest absolute Gasteiger partial charge is 0.138 e. The van der Waals surface area contributed by atoms with Crippen LogP contribution >= 0.6 is 11.8 Å². The van der Waals surface area contributed by atoms with Crippen molar-refractivity contribution in [3.05, 3.63) is 6.20 Å². The molecule has 0 aliphatic rings. The minimum Gasteiger partial charge on any atom is -0.383 e. The molecule has 0 saturated carbocycles. The summed E-state index contributed by atoms with van der Waals surface area (Å²) in [6.07, 6.45) is 2.61. The van der Waals surface area contributed by atoms with E-state index in [1.807, 2.05) is 12.3 Å². The topological polar surface area (TPSA) is 67.6 Å². The number of thiocyanates is 1. The Hall–Kier alpha value is -1.15. The van der Waals surface area contributed by atoms with Gasteiger partial charge in [-0.2, -0.15) is 10.4 Å². The number of rotatable bonds is 3. The number of hydrogen-bond acceptors (Lipinski definition) is 4. The fourth-order valence-electron chi connectivity index (χ4n) is 1.01. The van der Waals surface area contributed by atoms with Gasteiger partial charge in [0.05, 0.1) is 17.1 Å². The molecule has 5 heteroatoms. The first-order valence-electron chi connectivity index (χ1n) is 4.09. The molecule has 0 spiro atoms. The Labute approximate surface area is 81.7 Å². The van der Waals surface area contributed by atoms with Gasteiger partial charge < -0.3 is 5.73 Å². The van der Waals surface area contributed by atoms with E-state index in [-0.39, 0.29) is 6.04 Å². The monoisotopic (exact) mass is 196 g/mol. The van der Waals surface area contributed by atoms with Gasteiger partial charge >= 0.3 is 0 Å². The normalized spacial score (nSPS) is 12.4. The van der Waals surface area contributed by atoms with E-state index in [4.69, 9.17) is 11.0 Å². The Morgan fingerprint density at radius 2 is 2.54 bits per heavy atom. The van der Waals surface area contributed by atoms with E-state index in [0.29, 0.717) is 5.82 Å².